The molecule has 3 aliphatic rings. The summed E-state index contributed by atoms with van der Waals surface area (Å²) in [4.78, 5) is 5.11. The predicted molar refractivity (Wildman–Crippen MR) is 200 cm³/mol. The van der Waals surface area contributed by atoms with Crippen LogP contribution in [-0.2, 0) is 0 Å². The highest BCUT2D eigenvalue weighted by atomic mass is 32.2. The van der Waals surface area contributed by atoms with Gasteiger partial charge in [-0.15, -0.1) is 0 Å². The zero-order valence-corrected chi connectivity index (χ0v) is 27.3. The maximum Gasteiger partial charge on any atom is 0.256 e. The average Bonchev–Trinajstić information content (AvgIpc) is 3.14. The molecule has 0 aromatic heterocycles. The molecule has 0 radical (unpaired) electrons. The maximum absolute atomic E-state index is 6.79. The van der Waals surface area contributed by atoms with Crippen molar-refractivity contribution in [1.29, 1.82) is 0 Å². The highest BCUT2D eigenvalue weighted by molar-refractivity contribution is 8.00. The van der Waals surface area contributed by atoms with E-state index in [0.717, 1.165) is 11.5 Å². The van der Waals surface area contributed by atoms with E-state index in [1.807, 2.05) is 11.8 Å². The summed E-state index contributed by atoms with van der Waals surface area (Å²) >= 11 is 1.85. The third kappa shape index (κ3) is 3.75. The molecule has 3 heterocycles. The van der Waals surface area contributed by atoms with Crippen LogP contribution >= 0.6 is 11.8 Å². The average molecular weight is 634 g/mol. The van der Waals surface area contributed by atoms with Crippen LogP contribution in [0.2, 0.25) is 0 Å². The Kier molecular flexibility index (Phi) is 5.96. The number of hydrogen-bond acceptors (Lipinski definition) is 3. The number of rotatable bonds is 3. The summed E-state index contributed by atoms with van der Waals surface area (Å²) in [5.74, 6) is 1.88. The predicted octanol–water partition coefficient (Wildman–Crippen LogP) is 5.93. The molecular formula is C42H28BNOSSi. The molecule has 7 aromatic carbocycles. The maximum atomic E-state index is 6.79. The van der Waals surface area contributed by atoms with Crippen LogP contribution in [0, 0.1) is 0 Å². The summed E-state index contributed by atoms with van der Waals surface area (Å²) in [7, 11) is -2.70. The Morgan fingerprint density at radius 2 is 0.957 bits per heavy atom. The first-order valence-corrected chi connectivity index (χ1v) is 19.0. The lowest BCUT2D eigenvalue weighted by molar-refractivity contribution is 0.486. The molecule has 0 unspecified atom stereocenters. The largest absolute Gasteiger partial charge is 0.458 e. The van der Waals surface area contributed by atoms with E-state index in [-0.39, 0.29) is 6.71 Å². The van der Waals surface area contributed by atoms with Gasteiger partial charge in [-0.05, 0) is 74.1 Å². The Morgan fingerprint density at radius 1 is 0.447 bits per heavy atom. The molecule has 3 aliphatic heterocycles. The van der Waals surface area contributed by atoms with Gasteiger partial charge in [0.25, 0.3) is 6.71 Å². The van der Waals surface area contributed by atoms with Crippen LogP contribution in [0.25, 0.3) is 0 Å². The number of para-hydroxylation sites is 2. The Bertz CT molecular complexity index is 2240. The Balaban J connectivity index is 1.29. The van der Waals surface area contributed by atoms with Crippen molar-refractivity contribution in [2.75, 3.05) is 4.90 Å². The standard InChI is InChI=1S/C42H28BNOSSi/c1-3-15-29(16-4-1)47(30-17-5-2-6-18-30)39-27-11-8-20-32(39)44(33-21-9-12-28-40(33)47)34-22-13-23-35-41(34)43-31-19-7-10-25-37(31)46-38-26-14-24-36(45-35)42(38)43/h1-28H. The quantitative estimate of drug-likeness (QED) is 0.224. The van der Waals surface area contributed by atoms with Gasteiger partial charge in [0, 0.05) is 26.9 Å². The van der Waals surface area contributed by atoms with E-state index >= 15 is 0 Å². The summed E-state index contributed by atoms with van der Waals surface area (Å²) in [6.45, 7) is 0.0603. The normalized spacial score (nSPS) is 14.6. The van der Waals surface area contributed by atoms with Crippen molar-refractivity contribution in [3.8, 4) is 11.5 Å². The third-order valence-corrected chi connectivity index (χ3v) is 16.1. The van der Waals surface area contributed by atoms with Crippen LogP contribution in [0.3, 0.4) is 0 Å². The van der Waals surface area contributed by atoms with Gasteiger partial charge in [-0.2, -0.15) is 0 Å². The zero-order chi connectivity index (χ0) is 31.0. The van der Waals surface area contributed by atoms with Gasteiger partial charge in [-0.25, -0.2) is 0 Å². The van der Waals surface area contributed by atoms with Crippen LogP contribution in [-0.4, -0.2) is 14.8 Å². The molecular weight excluding hydrogens is 605 g/mol. The minimum Gasteiger partial charge on any atom is -0.458 e. The van der Waals surface area contributed by atoms with Crippen LogP contribution in [0.5, 0.6) is 11.5 Å². The van der Waals surface area contributed by atoms with Gasteiger partial charge in [0.2, 0.25) is 0 Å². The molecule has 0 bridgehead atoms. The fourth-order valence-corrected chi connectivity index (χ4v) is 14.5. The smallest absolute Gasteiger partial charge is 0.256 e. The van der Waals surface area contributed by atoms with E-state index in [0.29, 0.717) is 0 Å². The van der Waals surface area contributed by atoms with Crippen LogP contribution < -0.4 is 46.8 Å². The first kappa shape index (κ1) is 26.9. The molecule has 10 rings (SSSR count). The number of fused-ring (bicyclic) bond motifs is 6. The first-order valence-electron chi connectivity index (χ1n) is 16.1. The second-order valence-electron chi connectivity index (χ2n) is 12.4. The topological polar surface area (TPSA) is 12.5 Å². The van der Waals surface area contributed by atoms with Crippen molar-refractivity contribution in [3.63, 3.8) is 0 Å². The molecule has 5 heteroatoms. The second kappa shape index (κ2) is 10.4. The van der Waals surface area contributed by atoms with Crippen molar-refractivity contribution in [2.24, 2.45) is 0 Å². The minimum atomic E-state index is -2.70. The van der Waals surface area contributed by atoms with E-state index in [4.69, 9.17) is 4.74 Å². The van der Waals surface area contributed by atoms with Gasteiger partial charge < -0.3 is 9.64 Å². The van der Waals surface area contributed by atoms with Gasteiger partial charge in [-0.3, -0.25) is 0 Å². The lowest BCUT2D eigenvalue weighted by Crippen LogP contribution is -2.77. The molecule has 0 spiro atoms. The van der Waals surface area contributed by atoms with Crippen molar-refractivity contribution in [2.45, 2.75) is 9.79 Å². The molecule has 2 nitrogen and oxygen atoms in total. The number of nitrogens with zero attached hydrogens (tertiary/aromatic N) is 1. The summed E-state index contributed by atoms with van der Waals surface area (Å²) in [6.07, 6.45) is 0. The first-order chi connectivity index (χ1) is 23.3. The van der Waals surface area contributed by atoms with Crippen molar-refractivity contribution >= 4 is 80.7 Å². The van der Waals surface area contributed by atoms with Gasteiger partial charge >= 0.3 is 0 Å². The van der Waals surface area contributed by atoms with E-state index in [1.165, 1.54) is 64.0 Å². The number of anilines is 3. The Morgan fingerprint density at radius 3 is 1.64 bits per heavy atom. The van der Waals surface area contributed by atoms with Crippen molar-refractivity contribution < 1.29 is 4.74 Å². The molecule has 47 heavy (non-hydrogen) atoms. The van der Waals surface area contributed by atoms with Gasteiger partial charge in [-0.1, -0.05) is 145 Å². The van der Waals surface area contributed by atoms with Crippen LogP contribution in [0.15, 0.2) is 180 Å². The molecule has 0 N–H and O–H groups in total. The van der Waals surface area contributed by atoms with Crippen molar-refractivity contribution in [3.05, 3.63) is 170 Å². The molecule has 0 fully saturated rings. The van der Waals surface area contributed by atoms with E-state index in [2.05, 4.69) is 175 Å². The molecule has 0 atom stereocenters. The summed E-state index contributed by atoms with van der Waals surface area (Å²) in [6, 6.07) is 62.7. The fraction of sp³-hybridized carbons (Fsp3) is 0. The van der Waals surface area contributed by atoms with E-state index in [9.17, 15) is 0 Å². The summed E-state index contributed by atoms with van der Waals surface area (Å²) < 4.78 is 6.79. The molecule has 0 aliphatic carbocycles. The molecule has 0 saturated heterocycles. The number of benzene rings is 7. The zero-order valence-electron chi connectivity index (χ0n) is 25.5. The van der Waals surface area contributed by atoms with E-state index < -0.39 is 8.07 Å². The van der Waals surface area contributed by atoms with Crippen molar-refractivity contribution in [1.82, 2.24) is 0 Å². The lowest BCUT2D eigenvalue weighted by Gasteiger charge is -2.46. The van der Waals surface area contributed by atoms with Gasteiger partial charge in [0.15, 0.2) is 8.07 Å². The molecule has 7 aromatic rings. The van der Waals surface area contributed by atoms with Crippen LogP contribution in [0.4, 0.5) is 17.1 Å². The highest BCUT2D eigenvalue weighted by Gasteiger charge is 2.50. The van der Waals surface area contributed by atoms with Gasteiger partial charge in [0.1, 0.15) is 11.5 Å². The molecule has 220 valence electrons. The minimum absolute atomic E-state index is 0.0603. The molecule has 0 saturated carbocycles. The monoisotopic (exact) mass is 633 g/mol. The third-order valence-electron chi connectivity index (χ3n) is 10.1. The highest BCUT2D eigenvalue weighted by Crippen LogP contribution is 2.42. The van der Waals surface area contributed by atoms with Gasteiger partial charge in [0.05, 0.1) is 0 Å². The van der Waals surface area contributed by atoms with Crippen LogP contribution in [0.1, 0.15) is 0 Å². The molecule has 0 amide bonds. The van der Waals surface area contributed by atoms with E-state index in [1.54, 1.807) is 0 Å². The summed E-state index contributed by atoms with van der Waals surface area (Å²) in [5, 5.41) is 5.57. The lowest BCUT2D eigenvalue weighted by atomic mass is 9.35. The Hall–Kier alpha value is -5.23. The number of hydrogen-bond donors (Lipinski definition) is 0. The fourth-order valence-electron chi connectivity index (χ4n) is 8.27. The number of ether oxygens (including phenoxy) is 1. The Labute approximate surface area is 280 Å². The second-order valence-corrected chi connectivity index (χ2v) is 17.2. The SMILES string of the molecule is c1ccc([Si]2(c3ccccc3)c3ccccc3N(c3cccc4c3B3c5ccccc5Sc5cccc(c53)O4)c3ccccc32)cc1. The summed E-state index contributed by atoms with van der Waals surface area (Å²) in [5.41, 5.74) is 7.46.